The highest BCUT2D eigenvalue weighted by molar-refractivity contribution is 5.74. The zero-order chi connectivity index (χ0) is 15.4. The van der Waals surface area contributed by atoms with E-state index >= 15 is 0 Å². The summed E-state index contributed by atoms with van der Waals surface area (Å²) in [6.45, 7) is 0.657. The van der Waals surface area contributed by atoms with Crippen LogP contribution in [0.4, 0.5) is 4.79 Å². The van der Waals surface area contributed by atoms with Crippen LogP contribution in [0.3, 0.4) is 0 Å². The predicted octanol–water partition coefficient (Wildman–Crippen LogP) is 2.05. The van der Waals surface area contributed by atoms with Crippen LogP contribution in [0.5, 0.6) is 0 Å². The van der Waals surface area contributed by atoms with Crippen molar-refractivity contribution in [3.63, 3.8) is 0 Å². The fourth-order valence-electron chi connectivity index (χ4n) is 3.14. The van der Waals surface area contributed by atoms with Gasteiger partial charge in [0, 0.05) is 25.7 Å². The molecule has 3 rings (SSSR count). The van der Waals surface area contributed by atoms with Gasteiger partial charge >= 0.3 is 6.03 Å². The summed E-state index contributed by atoms with van der Waals surface area (Å²) < 4.78 is 7.79. The highest BCUT2D eigenvalue weighted by Crippen LogP contribution is 2.27. The van der Waals surface area contributed by atoms with E-state index in [4.69, 9.17) is 4.74 Å². The first-order valence-electron chi connectivity index (χ1n) is 8.04. The first kappa shape index (κ1) is 15.1. The molecule has 1 aromatic heterocycles. The first-order valence-corrected chi connectivity index (χ1v) is 8.04. The molecule has 2 heterocycles. The lowest BCUT2D eigenvalue weighted by atomic mass is 10.0. The summed E-state index contributed by atoms with van der Waals surface area (Å²) in [4.78, 5) is 16.3. The molecule has 6 nitrogen and oxygen atoms in total. The molecule has 0 aromatic carbocycles. The number of nitrogens with one attached hydrogen (secondary N) is 2. The van der Waals surface area contributed by atoms with E-state index in [0.29, 0.717) is 6.61 Å². The fourth-order valence-corrected chi connectivity index (χ4v) is 3.14. The van der Waals surface area contributed by atoms with Crippen molar-refractivity contribution >= 4 is 6.03 Å². The summed E-state index contributed by atoms with van der Waals surface area (Å²) in [5, 5.41) is 6.12. The number of aromatic nitrogens is 2. The average Bonchev–Trinajstić information content (AvgIpc) is 2.94. The Bertz CT molecular complexity index is 540. The minimum atomic E-state index is -0.0767. The van der Waals surface area contributed by atoms with Gasteiger partial charge in [0.2, 0.25) is 0 Å². The van der Waals surface area contributed by atoms with E-state index in [1.54, 1.807) is 6.33 Å². The number of allylic oxidation sites excluding steroid dienone is 1. The maximum absolute atomic E-state index is 12.1. The zero-order valence-corrected chi connectivity index (χ0v) is 13.0. The summed E-state index contributed by atoms with van der Waals surface area (Å²) in [6, 6.07) is 0.231. The summed E-state index contributed by atoms with van der Waals surface area (Å²) in [5.41, 5.74) is 1.06. The number of imidazole rings is 1. The maximum atomic E-state index is 12.1. The Morgan fingerprint density at radius 1 is 1.41 bits per heavy atom. The third kappa shape index (κ3) is 3.68. The van der Waals surface area contributed by atoms with Crippen molar-refractivity contribution in [2.75, 3.05) is 6.61 Å². The average molecular weight is 304 g/mol. The van der Waals surface area contributed by atoms with Crippen molar-refractivity contribution in [3.8, 4) is 0 Å². The molecule has 3 atom stereocenters. The third-order valence-corrected chi connectivity index (χ3v) is 4.37. The van der Waals surface area contributed by atoms with Crippen molar-refractivity contribution < 1.29 is 9.53 Å². The van der Waals surface area contributed by atoms with Gasteiger partial charge < -0.3 is 19.9 Å². The van der Waals surface area contributed by atoms with Crippen LogP contribution in [0.1, 0.15) is 43.9 Å². The number of nitrogens with zero attached hydrogens (tertiary/aromatic N) is 2. The SMILES string of the molecule is Cn1cncc1[C@@H]1C[C@H](NC(=O)N[C@@H]2C=CCCC2)CCO1. The lowest BCUT2D eigenvalue weighted by molar-refractivity contribution is -0.00180. The van der Waals surface area contributed by atoms with Crippen LogP contribution >= 0.6 is 0 Å². The number of amides is 2. The van der Waals surface area contributed by atoms with Crippen molar-refractivity contribution in [2.45, 2.75) is 50.3 Å². The fraction of sp³-hybridized carbons (Fsp3) is 0.625. The van der Waals surface area contributed by atoms with Crippen LogP contribution in [0.25, 0.3) is 0 Å². The second-order valence-electron chi connectivity index (χ2n) is 6.09. The van der Waals surface area contributed by atoms with E-state index in [0.717, 1.165) is 37.8 Å². The first-order chi connectivity index (χ1) is 10.7. The van der Waals surface area contributed by atoms with Crippen molar-refractivity contribution in [2.24, 2.45) is 7.05 Å². The highest BCUT2D eigenvalue weighted by atomic mass is 16.5. The van der Waals surface area contributed by atoms with E-state index in [1.807, 2.05) is 17.8 Å². The Balaban J connectivity index is 1.51. The summed E-state index contributed by atoms with van der Waals surface area (Å²) in [5.74, 6) is 0. The molecule has 1 aliphatic heterocycles. The minimum absolute atomic E-state index is 0.00104. The van der Waals surface area contributed by atoms with Gasteiger partial charge in [-0.05, 0) is 32.1 Å². The molecule has 22 heavy (non-hydrogen) atoms. The Kier molecular flexibility index (Phi) is 4.77. The van der Waals surface area contributed by atoms with Gasteiger partial charge in [-0.15, -0.1) is 0 Å². The normalized spacial score (nSPS) is 28.3. The molecule has 2 N–H and O–H groups in total. The Morgan fingerprint density at radius 3 is 3.05 bits per heavy atom. The number of hydrogen-bond donors (Lipinski definition) is 2. The largest absolute Gasteiger partial charge is 0.372 e. The van der Waals surface area contributed by atoms with E-state index < -0.39 is 0 Å². The lowest BCUT2D eigenvalue weighted by Gasteiger charge is -2.30. The van der Waals surface area contributed by atoms with Crippen LogP contribution in [-0.2, 0) is 11.8 Å². The van der Waals surface area contributed by atoms with E-state index in [2.05, 4.69) is 27.8 Å². The molecular weight excluding hydrogens is 280 g/mol. The maximum Gasteiger partial charge on any atom is 0.315 e. The summed E-state index contributed by atoms with van der Waals surface area (Å²) in [6.07, 6.45) is 12.8. The molecule has 0 saturated carbocycles. The van der Waals surface area contributed by atoms with Crippen LogP contribution < -0.4 is 10.6 Å². The molecule has 1 fully saturated rings. The van der Waals surface area contributed by atoms with Crippen LogP contribution in [0, 0.1) is 0 Å². The minimum Gasteiger partial charge on any atom is -0.372 e. The molecule has 2 aliphatic rings. The molecule has 0 unspecified atom stereocenters. The van der Waals surface area contributed by atoms with E-state index in [9.17, 15) is 4.79 Å². The predicted molar refractivity (Wildman–Crippen MR) is 83.4 cm³/mol. The molecule has 2 amide bonds. The third-order valence-electron chi connectivity index (χ3n) is 4.37. The van der Waals surface area contributed by atoms with Crippen molar-refractivity contribution in [1.82, 2.24) is 20.2 Å². The molecule has 1 saturated heterocycles. The molecule has 0 radical (unpaired) electrons. The van der Waals surface area contributed by atoms with Gasteiger partial charge in [-0.2, -0.15) is 0 Å². The van der Waals surface area contributed by atoms with Gasteiger partial charge in [0.1, 0.15) is 6.10 Å². The molecule has 0 spiro atoms. The van der Waals surface area contributed by atoms with Crippen molar-refractivity contribution in [1.29, 1.82) is 0 Å². The van der Waals surface area contributed by atoms with Crippen LogP contribution in [0.2, 0.25) is 0 Å². The summed E-state index contributed by atoms with van der Waals surface area (Å²) >= 11 is 0. The van der Waals surface area contributed by atoms with Gasteiger partial charge in [0.15, 0.2) is 0 Å². The topological polar surface area (TPSA) is 68.2 Å². The second-order valence-corrected chi connectivity index (χ2v) is 6.09. The molecule has 120 valence electrons. The van der Waals surface area contributed by atoms with Crippen LogP contribution in [-0.4, -0.2) is 34.3 Å². The van der Waals surface area contributed by atoms with E-state index in [1.165, 1.54) is 0 Å². The van der Waals surface area contributed by atoms with Gasteiger partial charge in [-0.25, -0.2) is 9.78 Å². The Morgan fingerprint density at radius 2 is 2.32 bits per heavy atom. The molecule has 0 bridgehead atoms. The number of urea groups is 1. The molecule has 1 aliphatic carbocycles. The Labute approximate surface area is 130 Å². The number of aryl methyl sites for hydroxylation is 1. The quantitative estimate of drug-likeness (QED) is 0.840. The highest BCUT2D eigenvalue weighted by Gasteiger charge is 2.27. The molecular formula is C16H24N4O2. The number of rotatable bonds is 3. The van der Waals surface area contributed by atoms with Gasteiger partial charge in [0.25, 0.3) is 0 Å². The number of ether oxygens (including phenoxy) is 1. The van der Waals surface area contributed by atoms with Crippen molar-refractivity contribution in [3.05, 3.63) is 30.4 Å². The monoisotopic (exact) mass is 304 g/mol. The zero-order valence-electron chi connectivity index (χ0n) is 13.0. The van der Waals surface area contributed by atoms with Crippen LogP contribution in [0.15, 0.2) is 24.7 Å². The lowest BCUT2D eigenvalue weighted by Crippen LogP contribution is -2.48. The Hall–Kier alpha value is -1.82. The van der Waals surface area contributed by atoms with Gasteiger partial charge in [-0.1, -0.05) is 12.2 Å². The van der Waals surface area contributed by atoms with Gasteiger partial charge in [-0.3, -0.25) is 0 Å². The number of carbonyl (C=O) groups is 1. The van der Waals surface area contributed by atoms with E-state index in [-0.39, 0.29) is 24.2 Å². The number of carbonyl (C=O) groups excluding carboxylic acids is 1. The molecule has 6 heteroatoms. The van der Waals surface area contributed by atoms with Gasteiger partial charge in [0.05, 0.1) is 18.2 Å². The number of hydrogen-bond acceptors (Lipinski definition) is 3. The molecule has 1 aromatic rings. The second kappa shape index (κ2) is 6.96. The smallest absolute Gasteiger partial charge is 0.315 e. The standard InChI is InChI=1S/C16H24N4O2/c1-20-11-17-10-14(20)15-9-13(7-8-22-15)19-16(21)18-12-5-3-2-4-6-12/h3,5,10-13,15H,2,4,6-9H2,1H3,(H2,18,19,21)/t12-,13-,15+/m1/s1. The summed E-state index contributed by atoms with van der Waals surface area (Å²) in [7, 11) is 1.96.